The molecule has 49 heavy (non-hydrogen) atoms. The summed E-state index contributed by atoms with van der Waals surface area (Å²) in [5.41, 5.74) is 3.86. The first-order chi connectivity index (χ1) is 23.6. The fraction of sp³-hybridized carbons (Fsp3) is 0.216. The molecule has 3 aromatic carbocycles. The van der Waals surface area contributed by atoms with E-state index in [2.05, 4.69) is 4.99 Å². The van der Waals surface area contributed by atoms with Crippen molar-refractivity contribution in [2.75, 3.05) is 14.2 Å². The number of ether oxygens (including phenoxy) is 4. The van der Waals surface area contributed by atoms with Gasteiger partial charge in [-0.3, -0.25) is 14.2 Å². The van der Waals surface area contributed by atoms with Gasteiger partial charge >= 0.3 is 11.9 Å². The third-order valence-corrected chi connectivity index (χ3v) is 8.72. The van der Waals surface area contributed by atoms with Gasteiger partial charge in [-0.2, -0.15) is 5.10 Å². The fourth-order valence-corrected chi connectivity index (χ4v) is 6.67. The number of para-hydroxylation sites is 1. The molecule has 12 heteroatoms. The van der Waals surface area contributed by atoms with E-state index in [9.17, 15) is 14.4 Å². The van der Waals surface area contributed by atoms with Gasteiger partial charge in [0, 0.05) is 24.2 Å². The van der Waals surface area contributed by atoms with Gasteiger partial charge < -0.3 is 18.9 Å². The minimum Gasteiger partial charge on any atom is -0.493 e. The highest BCUT2D eigenvalue weighted by molar-refractivity contribution is 7.07. The number of thiazole rings is 1. The Morgan fingerprint density at radius 1 is 0.980 bits per heavy atom. The minimum absolute atomic E-state index is 0.0323. The Hall–Kier alpha value is -5.75. The maximum Gasteiger partial charge on any atom is 0.338 e. The molecular weight excluding hydrogens is 644 g/mol. The highest BCUT2D eigenvalue weighted by Crippen LogP contribution is 2.36. The summed E-state index contributed by atoms with van der Waals surface area (Å²) in [6, 6.07) is 21.4. The van der Waals surface area contributed by atoms with Crippen molar-refractivity contribution >= 4 is 29.4 Å². The molecule has 6 rings (SSSR count). The van der Waals surface area contributed by atoms with E-state index < -0.39 is 18.0 Å². The first-order valence-corrected chi connectivity index (χ1v) is 16.3. The van der Waals surface area contributed by atoms with Crippen LogP contribution in [0.4, 0.5) is 0 Å². The summed E-state index contributed by atoms with van der Waals surface area (Å²) in [6.45, 7) is 6.93. The van der Waals surface area contributed by atoms with Gasteiger partial charge in [-0.05, 0) is 80.9 Å². The lowest BCUT2D eigenvalue weighted by Crippen LogP contribution is -2.39. The second-order valence-corrected chi connectivity index (χ2v) is 12.5. The number of allylic oxidation sites excluding steroid dienone is 1. The number of esters is 2. The number of fused-ring (bicyclic) bond motifs is 1. The maximum atomic E-state index is 14.4. The monoisotopic (exact) mass is 678 g/mol. The summed E-state index contributed by atoms with van der Waals surface area (Å²) >= 11 is 1.20. The number of aromatic nitrogens is 3. The lowest BCUT2D eigenvalue weighted by Gasteiger charge is -2.25. The van der Waals surface area contributed by atoms with Crippen molar-refractivity contribution < 1.29 is 28.5 Å². The van der Waals surface area contributed by atoms with Crippen molar-refractivity contribution in [3.63, 3.8) is 0 Å². The van der Waals surface area contributed by atoms with Gasteiger partial charge in [0.2, 0.25) is 0 Å². The van der Waals surface area contributed by atoms with Gasteiger partial charge in [0.1, 0.15) is 11.4 Å². The topological polar surface area (TPSA) is 123 Å². The first-order valence-electron chi connectivity index (χ1n) is 15.5. The van der Waals surface area contributed by atoms with Crippen molar-refractivity contribution in [1.29, 1.82) is 0 Å². The number of carbonyl (C=O) groups excluding carboxylic acids is 2. The zero-order valence-electron chi connectivity index (χ0n) is 27.8. The molecule has 1 unspecified atom stereocenters. The van der Waals surface area contributed by atoms with Crippen molar-refractivity contribution in [3.8, 4) is 34.2 Å². The Bertz CT molecular complexity index is 2270. The lowest BCUT2D eigenvalue weighted by molar-refractivity contribution is -0.136. The number of methoxy groups -OCH3 is 2. The number of benzene rings is 3. The molecule has 0 fully saturated rings. The smallest absolute Gasteiger partial charge is 0.338 e. The van der Waals surface area contributed by atoms with Crippen molar-refractivity contribution in [1.82, 2.24) is 14.3 Å². The predicted molar refractivity (Wildman–Crippen MR) is 185 cm³/mol. The molecule has 5 aromatic rings. The average molecular weight is 679 g/mol. The summed E-state index contributed by atoms with van der Waals surface area (Å²) in [6.07, 6.45) is 3.70. The Labute approximate surface area is 286 Å². The van der Waals surface area contributed by atoms with Gasteiger partial charge in [0.15, 0.2) is 16.3 Å². The van der Waals surface area contributed by atoms with Crippen LogP contribution in [0.25, 0.3) is 23.0 Å². The van der Waals surface area contributed by atoms with E-state index >= 15 is 0 Å². The van der Waals surface area contributed by atoms with Crippen molar-refractivity contribution in [2.45, 2.75) is 39.8 Å². The third-order valence-electron chi connectivity index (χ3n) is 7.73. The van der Waals surface area contributed by atoms with E-state index in [4.69, 9.17) is 24.0 Å². The number of hydrogen-bond acceptors (Lipinski definition) is 10. The van der Waals surface area contributed by atoms with E-state index in [1.54, 1.807) is 35.9 Å². The van der Waals surface area contributed by atoms with Crippen LogP contribution >= 0.6 is 11.3 Å². The van der Waals surface area contributed by atoms with Gasteiger partial charge in [0.05, 0.1) is 47.9 Å². The summed E-state index contributed by atoms with van der Waals surface area (Å²) in [7, 11) is 2.72. The van der Waals surface area contributed by atoms with Crippen LogP contribution in [-0.2, 0) is 14.3 Å². The third kappa shape index (κ3) is 6.68. The van der Waals surface area contributed by atoms with E-state index in [0.717, 1.165) is 17.0 Å². The molecule has 0 N–H and O–H groups in total. The Morgan fingerprint density at radius 2 is 1.71 bits per heavy atom. The molecule has 0 bridgehead atoms. The Morgan fingerprint density at radius 3 is 2.37 bits per heavy atom. The highest BCUT2D eigenvalue weighted by atomic mass is 32.1. The molecule has 0 radical (unpaired) electrons. The van der Waals surface area contributed by atoms with Crippen LogP contribution in [0.2, 0.25) is 0 Å². The summed E-state index contributed by atoms with van der Waals surface area (Å²) in [4.78, 5) is 44.3. The molecular formula is C37H34N4O7S. The van der Waals surface area contributed by atoms with Gasteiger partial charge in [0.25, 0.3) is 5.56 Å². The number of hydrogen-bond donors (Lipinski definition) is 0. The van der Waals surface area contributed by atoms with Crippen LogP contribution in [0.15, 0.2) is 100 Å². The molecule has 11 nitrogen and oxygen atoms in total. The second-order valence-electron chi connectivity index (χ2n) is 11.5. The van der Waals surface area contributed by atoms with E-state index in [-0.39, 0.29) is 28.7 Å². The molecule has 1 atom stereocenters. The summed E-state index contributed by atoms with van der Waals surface area (Å²) in [5.74, 6) is 0.0693. The zero-order chi connectivity index (χ0) is 34.8. The molecule has 1 aliphatic heterocycles. The van der Waals surface area contributed by atoms with Crippen LogP contribution in [0.5, 0.6) is 17.2 Å². The average Bonchev–Trinajstić information content (AvgIpc) is 3.64. The molecule has 1 aliphatic rings. The van der Waals surface area contributed by atoms with Gasteiger partial charge in [-0.15, -0.1) is 0 Å². The fourth-order valence-electron chi connectivity index (χ4n) is 5.64. The molecule has 0 spiro atoms. The minimum atomic E-state index is -0.897. The SMILES string of the molecule is COC(=O)C1=C(C)N=c2sc(=Cc3cn(-c4ccccc4)nc3-c3ccc(OC(C)C)cc3)c(=O)n2C1c1ccc(OC(C)=O)c(OC)c1. The van der Waals surface area contributed by atoms with Crippen LogP contribution in [0.3, 0.4) is 0 Å². The van der Waals surface area contributed by atoms with E-state index in [1.807, 2.05) is 74.6 Å². The van der Waals surface area contributed by atoms with Crippen LogP contribution in [-0.4, -0.2) is 46.6 Å². The molecule has 0 aliphatic carbocycles. The van der Waals surface area contributed by atoms with Gasteiger partial charge in [-0.1, -0.05) is 35.6 Å². The molecule has 2 aromatic heterocycles. The standard InChI is InChI=1S/C37H34N4O7S/c1-21(2)47-28-15-12-24(13-16-28)33-26(20-40(39-33)27-10-8-7-9-11-27)19-31-35(43)41-34(32(36(44)46-6)22(3)38-37(41)49-31)25-14-17-29(48-23(4)42)30(18-25)45-5/h7-21,34H,1-6H3. The summed E-state index contributed by atoms with van der Waals surface area (Å²) < 4.78 is 25.4. The normalized spacial score (nSPS) is 14.3. The maximum absolute atomic E-state index is 14.4. The lowest BCUT2D eigenvalue weighted by atomic mass is 9.95. The largest absolute Gasteiger partial charge is 0.493 e. The molecule has 3 heterocycles. The zero-order valence-corrected chi connectivity index (χ0v) is 28.6. The Balaban J connectivity index is 1.53. The quantitative estimate of drug-likeness (QED) is 0.158. The Kier molecular flexibility index (Phi) is 9.32. The first kappa shape index (κ1) is 33.2. The van der Waals surface area contributed by atoms with E-state index in [1.165, 1.54) is 37.0 Å². The van der Waals surface area contributed by atoms with Crippen LogP contribution in [0.1, 0.15) is 44.9 Å². The van der Waals surface area contributed by atoms with Crippen LogP contribution < -0.4 is 29.1 Å². The van der Waals surface area contributed by atoms with Crippen molar-refractivity contribution in [2.24, 2.45) is 4.99 Å². The highest BCUT2D eigenvalue weighted by Gasteiger charge is 2.34. The molecule has 0 amide bonds. The van der Waals surface area contributed by atoms with E-state index in [0.29, 0.717) is 31.9 Å². The van der Waals surface area contributed by atoms with Crippen LogP contribution in [0, 0.1) is 0 Å². The predicted octanol–water partition coefficient (Wildman–Crippen LogP) is 4.98. The van der Waals surface area contributed by atoms with Crippen molar-refractivity contribution in [3.05, 3.63) is 121 Å². The number of nitrogens with zero attached hydrogens (tertiary/aromatic N) is 4. The number of rotatable bonds is 9. The second kappa shape index (κ2) is 13.8. The molecule has 0 saturated heterocycles. The molecule has 250 valence electrons. The number of carbonyl (C=O) groups is 2. The van der Waals surface area contributed by atoms with Gasteiger partial charge in [-0.25, -0.2) is 14.5 Å². The summed E-state index contributed by atoms with van der Waals surface area (Å²) in [5, 5.41) is 4.92. The molecule has 0 saturated carbocycles.